The molecule has 0 radical (unpaired) electrons. The van der Waals surface area contributed by atoms with Crippen LogP contribution >= 0.6 is 0 Å². The van der Waals surface area contributed by atoms with E-state index in [9.17, 15) is 4.79 Å². The second kappa shape index (κ2) is 8.11. The first-order valence-electron chi connectivity index (χ1n) is 6.27. The molecule has 0 bridgehead atoms. The summed E-state index contributed by atoms with van der Waals surface area (Å²) in [6, 6.07) is 10.8. The van der Waals surface area contributed by atoms with Crippen molar-refractivity contribution in [1.29, 1.82) is 5.26 Å². The lowest BCUT2D eigenvalue weighted by Crippen LogP contribution is -2.43. The lowest BCUT2D eigenvalue weighted by atomic mass is 10.0. The molecule has 2 amide bonds. The quantitative estimate of drug-likeness (QED) is 0.728. The lowest BCUT2D eigenvalue weighted by molar-refractivity contribution is 0.217. The van der Waals surface area contributed by atoms with E-state index in [0.717, 1.165) is 5.56 Å². The Bertz CT molecular complexity index is 428. The minimum atomic E-state index is -0.339. The molecule has 0 aliphatic carbocycles. The molecule has 1 unspecified atom stereocenters. The summed E-state index contributed by atoms with van der Waals surface area (Å²) in [5, 5.41) is 23.0. The standard InChI is InChI=1S/C14H19N3O2/c1-11(10-18)16-14(19)17-13(8-5-9-15)12-6-3-2-4-7-12/h2-4,6-7,11,13,18H,5,8,10H2,1H3,(H2,16,17,19)/t11-,13?/m0/s1. The number of nitriles is 1. The SMILES string of the molecule is C[C@@H](CO)NC(=O)NC(CCC#N)c1ccccc1. The number of carbonyl (C=O) groups excluding carboxylic acids is 1. The van der Waals surface area contributed by atoms with E-state index in [0.29, 0.717) is 12.8 Å². The van der Waals surface area contributed by atoms with Gasteiger partial charge in [-0.1, -0.05) is 30.3 Å². The van der Waals surface area contributed by atoms with Gasteiger partial charge in [-0.25, -0.2) is 4.79 Å². The predicted molar refractivity (Wildman–Crippen MR) is 72.2 cm³/mol. The maximum Gasteiger partial charge on any atom is 0.315 e. The molecule has 1 rings (SSSR count). The van der Waals surface area contributed by atoms with Crippen LogP contribution < -0.4 is 10.6 Å². The molecule has 2 atom stereocenters. The first-order chi connectivity index (χ1) is 9.17. The molecule has 0 spiro atoms. The summed E-state index contributed by atoms with van der Waals surface area (Å²) in [6.07, 6.45) is 0.927. The number of hydrogen-bond acceptors (Lipinski definition) is 3. The molecular weight excluding hydrogens is 242 g/mol. The minimum absolute atomic E-state index is 0.110. The normalized spacial score (nSPS) is 13.1. The van der Waals surface area contributed by atoms with Gasteiger partial charge in [0.2, 0.25) is 0 Å². The average molecular weight is 261 g/mol. The van der Waals surface area contributed by atoms with Crippen LogP contribution in [-0.4, -0.2) is 23.8 Å². The van der Waals surface area contributed by atoms with Crippen molar-refractivity contribution < 1.29 is 9.90 Å². The number of nitrogens with one attached hydrogen (secondary N) is 2. The van der Waals surface area contributed by atoms with Gasteiger partial charge in [0.15, 0.2) is 0 Å². The number of aliphatic hydroxyl groups is 1. The van der Waals surface area contributed by atoms with Crippen LogP contribution in [0.5, 0.6) is 0 Å². The number of benzene rings is 1. The summed E-state index contributed by atoms with van der Waals surface area (Å²) in [5.41, 5.74) is 0.963. The van der Waals surface area contributed by atoms with Crippen molar-refractivity contribution in [3.8, 4) is 6.07 Å². The zero-order chi connectivity index (χ0) is 14.1. The van der Waals surface area contributed by atoms with Crippen molar-refractivity contribution in [2.75, 3.05) is 6.61 Å². The van der Waals surface area contributed by atoms with E-state index >= 15 is 0 Å². The van der Waals surface area contributed by atoms with Crippen molar-refractivity contribution in [3.63, 3.8) is 0 Å². The summed E-state index contributed by atoms with van der Waals surface area (Å²) in [7, 11) is 0. The molecule has 3 N–H and O–H groups in total. The van der Waals surface area contributed by atoms with Gasteiger partial charge >= 0.3 is 6.03 Å². The molecule has 19 heavy (non-hydrogen) atoms. The number of urea groups is 1. The molecule has 0 fully saturated rings. The van der Waals surface area contributed by atoms with Gasteiger partial charge in [-0.15, -0.1) is 0 Å². The third-order valence-corrected chi connectivity index (χ3v) is 2.70. The summed E-state index contributed by atoms with van der Waals surface area (Å²) >= 11 is 0. The molecule has 0 heterocycles. The molecule has 1 aromatic carbocycles. The van der Waals surface area contributed by atoms with Gasteiger partial charge in [0, 0.05) is 6.42 Å². The number of carbonyl (C=O) groups is 1. The number of amides is 2. The van der Waals surface area contributed by atoms with Crippen molar-refractivity contribution >= 4 is 6.03 Å². The number of nitrogens with zero attached hydrogens (tertiary/aromatic N) is 1. The molecule has 0 aliphatic rings. The predicted octanol–water partition coefficient (Wildman–Crippen LogP) is 1.71. The van der Waals surface area contributed by atoms with Gasteiger partial charge in [-0.05, 0) is 18.9 Å². The molecule has 5 heteroatoms. The third kappa shape index (κ3) is 5.40. The monoisotopic (exact) mass is 261 g/mol. The Hall–Kier alpha value is -2.06. The van der Waals surface area contributed by atoms with Crippen molar-refractivity contribution in [2.45, 2.75) is 31.8 Å². The zero-order valence-electron chi connectivity index (χ0n) is 11.0. The summed E-state index contributed by atoms with van der Waals surface area (Å²) < 4.78 is 0. The Morgan fingerprint density at radius 3 is 2.63 bits per heavy atom. The van der Waals surface area contributed by atoms with Gasteiger partial charge in [-0.3, -0.25) is 0 Å². The molecule has 0 aromatic heterocycles. The molecular formula is C14H19N3O2. The Morgan fingerprint density at radius 2 is 2.05 bits per heavy atom. The highest BCUT2D eigenvalue weighted by Crippen LogP contribution is 2.17. The largest absolute Gasteiger partial charge is 0.394 e. The second-order valence-electron chi connectivity index (χ2n) is 4.36. The van der Waals surface area contributed by atoms with Crippen LogP contribution in [0.15, 0.2) is 30.3 Å². The maximum atomic E-state index is 11.7. The smallest absolute Gasteiger partial charge is 0.315 e. The molecule has 0 aliphatic heterocycles. The number of aliphatic hydroxyl groups excluding tert-OH is 1. The van der Waals surface area contributed by atoms with E-state index in [1.165, 1.54) is 0 Å². The molecule has 102 valence electrons. The Balaban J connectivity index is 2.65. The van der Waals surface area contributed by atoms with Crippen molar-refractivity contribution in [2.24, 2.45) is 0 Å². The lowest BCUT2D eigenvalue weighted by Gasteiger charge is -2.20. The Morgan fingerprint density at radius 1 is 1.37 bits per heavy atom. The summed E-state index contributed by atoms with van der Waals surface area (Å²) in [5.74, 6) is 0. The number of hydrogen-bond donors (Lipinski definition) is 3. The number of rotatable bonds is 6. The third-order valence-electron chi connectivity index (χ3n) is 2.70. The first-order valence-corrected chi connectivity index (χ1v) is 6.27. The van der Waals surface area contributed by atoms with E-state index in [1.54, 1.807) is 6.92 Å². The van der Waals surface area contributed by atoms with E-state index < -0.39 is 0 Å². The molecule has 0 saturated heterocycles. The van der Waals surface area contributed by atoms with E-state index in [1.807, 2.05) is 30.3 Å². The van der Waals surface area contributed by atoms with Gasteiger partial charge in [0.25, 0.3) is 0 Å². The first kappa shape index (κ1) is 15.0. The fourth-order valence-electron chi connectivity index (χ4n) is 1.69. The zero-order valence-corrected chi connectivity index (χ0v) is 11.0. The Labute approximate surface area is 113 Å². The van der Waals surface area contributed by atoms with Crippen LogP contribution in [0.2, 0.25) is 0 Å². The summed E-state index contributed by atoms with van der Waals surface area (Å²) in [6.45, 7) is 1.61. The van der Waals surface area contributed by atoms with Gasteiger partial charge in [0.05, 0.1) is 24.8 Å². The highest BCUT2D eigenvalue weighted by Gasteiger charge is 2.15. The van der Waals surface area contributed by atoms with Gasteiger partial charge in [0.1, 0.15) is 0 Å². The minimum Gasteiger partial charge on any atom is -0.394 e. The van der Waals surface area contributed by atoms with Crippen LogP contribution in [0.25, 0.3) is 0 Å². The molecule has 5 nitrogen and oxygen atoms in total. The van der Waals surface area contributed by atoms with Gasteiger partial charge < -0.3 is 15.7 Å². The molecule has 1 aromatic rings. The fraction of sp³-hybridized carbons (Fsp3) is 0.429. The Kier molecular flexibility index (Phi) is 6.41. The molecule has 0 saturated carbocycles. The van der Waals surface area contributed by atoms with Gasteiger partial charge in [-0.2, -0.15) is 5.26 Å². The average Bonchev–Trinajstić information content (AvgIpc) is 2.44. The van der Waals surface area contributed by atoms with Crippen LogP contribution in [0, 0.1) is 11.3 Å². The highest BCUT2D eigenvalue weighted by molar-refractivity contribution is 5.74. The topological polar surface area (TPSA) is 85.2 Å². The highest BCUT2D eigenvalue weighted by atomic mass is 16.3. The van der Waals surface area contributed by atoms with Crippen molar-refractivity contribution in [1.82, 2.24) is 10.6 Å². The van der Waals surface area contributed by atoms with Crippen LogP contribution in [-0.2, 0) is 0 Å². The second-order valence-corrected chi connectivity index (χ2v) is 4.36. The van der Waals surface area contributed by atoms with E-state index in [2.05, 4.69) is 16.7 Å². The van der Waals surface area contributed by atoms with Crippen LogP contribution in [0.3, 0.4) is 0 Å². The summed E-state index contributed by atoms with van der Waals surface area (Å²) in [4.78, 5) is 11.7. The van der Waals surface area contributed by atoms with E-state index in [-0.39, 0.29) is 24.7 Å². The van der Waals surface area contributed by atoms with Crippen molar-refractivity contribution in [3.05, 3.63) is 35.9 Å². The van der Waals surface area contributed by atoms with E-state index in [4.69, 9.17) is 10.4 Å². The van der Waals surface area contributed by atoms with Crippen LogP contribution in [0.4, 0.5) is 4.79 Å². The maximum absolute atomic E-state index is 11.7. The van der Waals surface area contributed by atoms with Crippen LogP contribution in [0.1, 0.15) is 31.4 Å². The fourth-order valence-corrected chi connectivity index (χ4v) is 1.69.